The van der Waals surface area contributed by atoms with Crippen molar-refractivity contribution in [3.8, 4) is 0 Å². The van der Waals surface area contributed by atoms with Gasteiger partial charge in [-0.1, -0.05) is 32.9 Å². The minimum atomic E-state index is -0.430. The van der Waals surface area contributed by atoms with E-state index in [1.165, 1.54) is 38.3 Å². The van der Waals surface area contributed by atoms with Crippen molar-refractivity contribution in [3.05, 3.63) is 63.3 Å². The van der Waals surface area contributed by atoms with E-state index in [2.05, 4.69) is 48.8 Å². The number of amides is 8. The van der Waals surface area contributed by atoms with Gasteiger partial charge in [-0.3, -0.25) is 38.4 Å². The van der Waals surface area contributed by atoms with Crippen molar-refractivity contribution in [2.45, 2.75) is 20.3 Å². The average molecular weight is 701 g/mol. The summed E-state index contributed by atoms with van der Waals surface area (Å²) in [5.74, 6) is -2.98. The van der Waals surface area contributed by atoms with Gasteiger partial charge in [0.2, 0.25) is 47.3 Å². The maximum atomic E-state index is 13.4. The molecule has 0 aliphatic rings. The highest BCUT2D eigenvalue weighted by Gasteiger charge is 2.21. The molecule has 0 saturated carbocycles. The molecule has 16 nitrogen and oxygen atoms in total. The Hall–Kier alpha value is -5.54. The van der Waals surface area contributed by atoms with Crippen LogP contribution in [0.3, 0.4) is 0 Å². The first-order valence-corrected chi connectivity index (χ1v) is 16.1. The number of nitrogens with one attached hydrogen (secondary N) is 3. The van der Waals surface area contributed by atoms with E-state index in [1.807, 2.05) is 0 Å². The molecule has 0 fully saturated rings. The van der Waals surface area contributed by atoms with E-state index in [0.29, 0.717) is 0 Å². The predicted molar refractivity (Wildman–Crippen MR) is 189 cm³/mol. The van der Waals surface area contributed by atoms with Crippen molar-refractivity contribution in [3.63, 3.8) is 0 Å². The summed E-state index contributed by atoms with van der Waals surface area (Å²) in [5, 5.41) is 7.81. The summed E-state index contributed by atoms with van der Waals surface area (Å²) in [6.45, 7) is 21.5. The van der Waals surface area contributed by atoms with Crippen molar-refractivity contribution in [2.24, 2.45) is 0 Å². The summed E-state index contributed by atoms with van der Waals surface area (Å²) in [5.41, 5.74) is 0. The molecule has 16 heteroatoms. The molecule has 0 unspecified atom stereocenters. The van der Waals surface area contributed by atoms with Crippen LogP contribution in [0.1, 0.15) is 20.3 Å². The van der Waals surface area contributed by atoms with E-state index in [0.717, 1.165) is 30.4 Å². The van der Waals surface area contributed by atoms with Gasteiger partial charge in [0.25, 0.3) is 0 Å². The maximum absolute atomic E-state index is 13.4. The van der Waals surface area contributed by atoms with Crippen molar-refractivity contribution >= 4 is 47.3 Å². The standard InChI is InChI=1S/C34H52N8O8/c1-8-29(45)36-15-19-40(32(48)11-4)24-26-42(33(49)12-5)22-21-38(28(7)44)17-13-34(50)41(20-16-37-30(46)9-2)25-23-39(31(47)10-3)18-14-35-27(6)43/h8-12H,1-5,13-26H2,6-7H3,(H,35,43)(H,36,45)(H,37,46). The molecule has 8 amide bonds. The van der Waals surface area contributed by atoms with Crippen LogP contribution in [0.4, 0.5) is 0 Å². The monoisotopic (exact) mass is 700 g/mol. The van der Waals surface area contributed by atoms with Gasteiger partial charge in [0.1, 0.15) is 0 Å². The zero-order valence-electron chi connectivity index (χ0n) is 29.3. The molecule has 3 N–H and O–H groups in total. The van der Waals surface area contributed by atoms with Gasteiger partial charge in [0, 0.05) is 105 Å². The summed E-state index contributed by atoms with van der Waals surface area (Å²) in [6.07, 6.45) is 5.49. The van der Waals surface area contributed by atoms with Crippen LogP contribution in [0.2, 0.25) is 0 Å². The second-order valence-corrected chi connectivity index (χ2v) is 10.7. The summed E-state index contributed by atoms with van der Waals surface area (Å²) in [7, 11) is 0. The van der Waals surface area contributed by atoms with Gasteiger partial charge in [-0.15, -0.1) is 0 Å². The third-order valence-corrected chi connectivity index (χ3v) is 7.26. The van der Waals surface area contributed by atoms with E-state index in [9.17, 15) is 38.4 Å². The van der Waals surface area contributed by atoms with Crippen LogP contribution in [-0.2, 0) is 38.4 Å². The van der Waals surface area contributed by atoms with Crippen LogP contribution >= 0.6 is 0 Å². The fourth-order valence-electron chi connectivity index (χ4n) is 4.42. The highest BCUT2D eigenvalue weighted by molar-refractivity contribution is 5.89. The Balaban J connectivity index is 5.60. The molecule has 0 saturated heterocycles. The second kappa shape index (κ2) is 25.5. The Kier molecular flexibility index (Phi) is 22.7. The smallest absolute Gasteiger partial charge is 0.246 e. The van der Waals surface area contributed by atoms with Gasteiger partial charge in [0.15, 0.2) is 0 Å². The lowest BCUT2D eigenvalue weighted by molar-refractivity contribution is -0.136. The molecule has 0 heterocycles. The molecule has 0 atom stereocenters. The first-order chi connectivity index (χ1) is 23.7. The van der Waals surface area contributed by atoms with Crippen LogP contribution < -0.4 is 16.0 Å². The van der Waals surface area contributed by atoms with Gasteiger partial charge in [0.05, 0.1) is 0 Å². The van der Waals surface area contributed by atoms with Gasteiger partial charge >= 0.3 is 0 Å². The molecule has 276 valence electrons. The van der Waals surface area contributed by atoms with Crippen LogP contribution in [-0.4, -0.2) is 157 Å². The van der Waals surface area contributed by atoms with Crippen molar-refractivity contribution in [1.29, 1.82) is 0 Å². The van der Waals surface area contributed by atoms with E-state index in [1.54, 1.807) is 0 Å². The average Bonchev–Trinajstić information content (AvgIpc) is 3.10. The van der Waals surface area contributed by atoms with E-state index in [-0.39, 0.29) is 115 Å². The van der Waals surface area contributed by atoms with Crippen LogP contribution in [0.15, 0.2) is 63.3 Å². The molecule has 0 aliphatic heterocycles. The Morgan fingerprint density at radius 3 is 1.14 bits per heavy atom. The number of rotatable bonds is 26. The molecule has 0 aromatic heterocycles. The lowest BCUT2D eigenvalue weighted by atomic mass is 10.3. The molecular formula is C34H52N8O8. The SMILES string of the molecule is C=CC(=O)NCCN(CCN(CCN(CCC(=O)N(CCNC(=O)C=C)CCN(CCNC(C)=O)C(=O)C=C)C(C)=O)C(=O)C=C)C(=O)C=C. The van der Waals surface area contributed by atoms with Crippen molar-refractivity contribution in [1.82, 2.24) is 40.4 Å². The third-order valence-electron chi connectivity index (χ3n) is 7.26. The van der Waals surface area contributed by atoms with Crippen molar-refractivity contribution < 1.29 is 38.4 Å². The molecule has 0 aromatic carbocycles. The normalized spacial score (nSPS) is 9.96. The lowest BCUT2D eigenvalue weighted by Crippen LogP contribution is -2.47. The molecule has 0 aliphatic carbocycles. The van der Waals surface area contributed by atoms with E-state index >= 15 is 0 Å². The highest BCUT2D eigenvalue weighted by atomic mass is 16.2. The zero-order valence-corrected chi connectivity index (χ0v) is 29.3. The molecule has 0 bridgehead atoms. The van der Waals surface area contributed by atoms with Crippen molar-refractivity contribution in [2.75, 3.05) is 85.1 Å². The summed E-state index contributed by atoms with van der Waals surface area (Å²) in [6, 6.07) is 0. The molecule has 0 radical (unpaired) electrons. The number of hydrogen-bond donors (Lipinski definition) is 3. The Labute approximate surface area is 294 Å². The molecule has 0 aromatic rings. The number of carbonyl (C=O) groups is 8. The Morgan fingerprint density at radius 1 is 0.440 bits per heavy atom. The zero-order chi connectivity index (χ0) is 38.1. The largest absolute Gasteiger partial charge is 0.355 e. The highest BCUT2D eigenvalue weighted by Crippen LogP contribution is 2.03. The maximum Gasteiger partial charge on any atom is 0.246 e. The number of carbonyl (C=O) groups excluding carboxylic acids is 8. The summed E-state index contributed by atoms with van der Waals surface area (Å²) >= 11 is 0. The summed E-state index contributed by atoms with van der Waals surface area (Å²) in [4.78, 5) is 105. The third kappa shape index (κ3) is 18.7. The van der Waals surface area contributed by atoms with Gasteiger partial charge in [-0.2, -0.15) is 0 Å². The van der Waals surface area contributed by atoms with Gasteiger partial charge in [-0.25, -0.2) is 0 Å². The minimum Gasteiger partial charge on any atom is -0.355 e. The Bertz CT molecular complexity index is 1270. The molecule has 0 rings (SSSR count). The first-order valence-electron chi connectivity index (χ1n) is 16.1. The van der Waals surface area contributed by atoms with E-state index < -0.39 is 23.6 Å². The topological polar surface area (TPSA) is 189 Å². The second-order valence-electron chi connectivity index (χ2n) is 10.7. The number of hydrogen-bond acceptors (Lipinski definition) is 8. The van der Waals surface area contributed by atoms with Gasteiger partial charge < -0.3 is 40.4 Å². The molecule has 50 heavy (non-hydrogen) atoms. The first kappa shape index (κ1) is 44.5. The Morgan fingerprint density at radius 2 is 0.780 bits per heavy atom. The quantitative estimate of drug-likeness (QED) is 0.0943. The van der Waals surface area contributed by atoms with E-state index in [4.69, 9.17) is 0 Å². The van der Waals surface area contributed by atoms with Crippen LogP contribution in [0, 0.1) is 0 Å². The fraction of sp³-hybridized carbons (Fsp3) is 0.471. The fourth-order valence-corrected chi connectivity index (χ4v) is 4.42. The molecular weight excluding hydrogens is 648 g/mol. The van der Waals surface area contributed by atoms with Gasteiger partial charge in [-0.05, 0) is 30.4 Å². The minimum absolute atomic E-state index is 0.0156. The molecule has 0 spiro atoms. The number of nitrogens with zero attached hydrogens (tertiary/aromatic N) is 5. The van der Waals surface area contributed by atoms with Crippen LogP contribution in [0.5, 0.6) is 0 Å². The predicted octanol–water partition coefficient (Wildman–Crippen LogP) is -1.16. The summed E-state index contributed by atoms with van der Waals surface area (Å²) < 4.78 is 0. The lowest BCUT2D eigenvalue weighted by Gasteiger charge is -2.30. The van der Waals surface area contributed by atoms with Crippen LogP contribution in [0.25, 0.3) is 0 Å².